The molecule has 84 valence electrons. The molecule has 15 heavy (non-hydrogen) atoms. The fraction of sp³-hybridized carbons (Fsp3) is 0.667. The van der Waals surface area contributed by atoms with Crippen molar-refractivity contribution in [3.63, 3.8) is 0 Å². The number of hydrogen-bond donors (Lipinski definition) is 2. The Bertz CT molecular complexity index is 289. The summed E-state index contributed by atoms with van der Waals surface area (Å²) in [6.45, 7) is 0. The first-order chi connectivity index (χ1) is 7.04. The van der Waals surface area contributed by atoms with E-state index in [0.717, 1.165) is 17.8 Å². The van der Waals surface area contributed by atoms with Gasteiger partial charge in [-0.15, -0.1) is 0 Å². The Labute approximate surface area is 94.2 Å². The van der Waals surface area contributed by atoms with E-state index in [1.807, 2.05) is 0 Å². The number of hydrazine groups is 1. The monoisotopic (exact) mass is 229 g/mol. The van der Waals surface area contributed by atoms with Crippen LogP contribution in [-0.2, 0) is 9.59 Å². The molecule has 0 atom stereocenters. The smallest absolute Gasteiger partial charge is 0.247 e. The summed E-state index contributed by atoms with van der Waals surface area (Å²) in [5.74, 6) is -0.233. The Hall–Kier alpha value is -1.17. The lowest BCUT2D eigenvalue weighted by Crippen LogP contribution is -2.44. The van der Waals surface area contributed by atoms with E-state index in [9.17, 15) is 9.59 Å². The molecule has 0 radical (unpaired) electrons. The summed E-state index contributed by atoms with van der Waals surface area (Å²) in [5.41, 5.74) is 2.56. The topological polar surface area (TPSA) is 61.4 Å². The number of hydrogen-bond acceptors (Lipinski definition) is 3. The lowest BCUT2D eigenvalue weighted by molar-refractivity contribution is -0.130. The van der Waals surface area contributed by atoms with Gasteiger partial charge >= 0.3 is 0 Å². The molecule has 0 unspecified atom stereocenters. The highest BCUT2D eigenvalue weighted by Gasteiger charge is 2.29. The second kappa shape index (κ2) is 5.06. The molecule has 0 aromatic heterocycles. The highest BCUT2D eigenvalue weighted by molar-refractivity contribution is 7.80. The quantitative estimate of drug-likeness (QED) is 0.400. The van der Waals surface area contributed by atoms with E-state index in [1.165, 1.54) is 12.1 Å². The van der Waals surface area contributed by atoms with Gasteiger partial charge in [0.25, 0.3) is 0 Å². The molecular weight excluding hydrogens is 214 g/mol. The molecule has 0 aliphatic heterocycles. The Morgan fingerprint density at radius 2 is 2.00 bits per heavy atom. The molecule has 5 nitrogen and oxygen atoms in total. The van der Waals surface area contributed by atoms with Gasteiger partial charge in [0.15, 0.2) is 0 Å². The summed E-state index contributed by atoms with van der Waals surface area (Å²) in [6.07, 6.45) is 2.01. The van der Waals surface area contributed by atoms with E-state index >= 15 is 0 Å². The summed E-state index contributed by atoms with van der Waals surface area (Å²) < 4.78 is 0. The molecule has 2 amide bonds. The van der Waals surface area contributed by atoms with Crippen LogP contribution in [0.2, 0.25) is 0 Å². The van der Waals surface area contributed by atoms with Crippen molar-refractivity contribution in [2.45, 2.75) is 19.3 Å². The average molecular weight is 229 g/mol. The predicted molar refractivity (Wildman–Crippen MR) is 59.9 cm³/mol. The van der Waals surface area contributed by atoms with Crippen molar-refractivity contribution in [2.75, 3.05) is 14.1 Å². The number of nitrogens with one attached hydrogen (secondary N) is 2. The molecule has 0 aromatic rings. The molecule has 6 heteroatoms. The number of carbonyl (C=O) groups excluding carboxylic acids is 2. The first-order valence-corrected chi connectivity index (χ1v) is 5.23. The summed E-state index contributed by atoms with van der Waals surface area (Å²) in [4.78, 5) is 22.9. The zero-order valence-electron chi connectivity index (χ0n) is 8.87. The first kappa shape index (κ1) is 11.9. The van der Waals surface area contributed by atoms with Crippen molar-refractivity contribution in [3.8, 4) is 0 Å². The number of nitrogens with zero attached hydrogens (tertiary/aromatic N) is 1. The van der Waals surface area contributed by atoms with Gasteiger partial charge in [0.05, 0.1) is 4.99 Å². The van der Waals surface area contributed by atoms with E-state index < -0.39 is 0 Å². The highest BCUT2D eigenvalue weighted by Crippen LogP contribution is 2.31. The molecule has 0 spiro atoms. The van der Waals surface area contributed by atoms with E-state index in [1.54, 1.807) is 7.05 Å². The van der Waals surface area contributed by atoms with Crippen LogP contribution in [0, 0.1) is 5.92 Å². The minimum atomic E-state index is -0.347. The summed E-state index contributed by atoms with van der Waals surface area (Å²) >= 11 is 5.13. The largest absolute Gasteiger partial charge is 0.359 e. The van der Waals surface area contributed by atoms with Gasteiger partial charge in [-0.2, -0.15) is 0 Å². The van der Waals surface area contributed by atoms with E-state index in [4.69, 9.17) is 12.2 Å². The summed E-state index contributed by atoms with van der Waals surface area (Å²) in [6, 6.07) is 0. The van der Waals surface area contributed by atoms with Crippen molar-refractivity contribution in [2.24, 2.45) is 5.92 Å². The summed E-state index contributed by atoms with van der Waals surface area (Å²) in [5, 5.41) is 3.91. The van der Waals surface area contributed by atoms with Gasteiger partial charge in [0.1, 0.15) is 6.42 Å². The number of rotatable bonds is 3. The van der Waals surface area contributed by atoms with E-state index in [-0.39, 0.29) is 18.2 Å². The Balaban J connectivity index is 2.30. The zero-order chi connectivity index (χ0) is 11.4. The van der Waals surface area contributed by atoms with Crippen molar-refractivity contribution < 1.29 is 9.59 Å². The third-order valence-corrected chi connectivity index (χ3v) is 2.76. The first-order valence-electron chi connectivity index (χ1n) is 4.82. The predicted octanol–water partition coefficient (Wildman–Crippen LogP) is -0.177. The maximum Gasteiger partial charge on any atom is 0.247 e. The lowest BCUT2D eigenvalue weighted by atomic mass is 10.4. The van der Waals surface area contributed by atoms with Crippen LogP contribution in [-0.4, -0.2) is 35.9 Å². The van der Waals surface area contributed by atoms with Gasteiger partial charge in [-0.05, 0) is 12.8 Å². The fourth-order valence-electron chi connectivity index (χ4n) is 1.12. The van der Waals surface area contributed by atoms with Crippen LogP contribution in [0.5, 0.6) is 0 Å². The number of amides is 2. The van der Waals surface area contributed by atoms with Crippen LogP contribution in [0.4, 0.5) is 0 Å². The summed E-state index contributed by atoms with van der Waals surface area (Å²) in [7, 11) is 3.19. The van der Waals surface area contributed by atoms with Crippen molar-refractivity contribution >= 4 is 29.0 Å². The van der Waals surface area contributed by atoms with Gasteiger partial charge in [-0.1, -0.05) is 12.2 Å². The SMILES string of the molecule is CNC(=O)CC(=O)NN(C)C(=S)C1CC1. The molecule has 0 aromatic carbocycles. The Morgan fingerprint density at radius 1 is 1.40 bits per heavy atom. The van der Waals surface area contributed by atoms with Crippen LogP contribution in [0.1, 0.15) is 19.3 Å². The van der Waals surface area contributed by atoms with E-state index in [0.29, 0.717) is 5.92 Å². The normalized spacial score (nSPS) is 14.3. The van der Waals surface area contributed by atoms with E-state index in [2.05, 4.69) is 10.7 Å². The molecule has 2 N–H and O–H groups in total. The Morgan fingerprint density at radius 3 is 2.47 bits per heavy atom. The van der Waals surface area contributed by atoms with Crippen LogP contribution >= 0.6 is 12.2 Å². The van der Waals surface area contributed by atoms with Gasteiger partial charge in [0.2, 0.25) is 11.8 Å². The maximum atomic E-state index is 11.3. The molecule has 1 aliphatic carbocycles. The van der Waals surface area contributed by atoms with Gasteiger partial charge < -0.3 is 5.32 Å². The molecule has 1 rings (SSSR count). The number of carbonyl (C=O) groups is 2. The van der Waals surface area contributed by atoms with Crippen LogP contribution in [0.3, 0.4) is 0 Å². The van der Waals surface area contributed by atoms with Crippen LogP contribution in [0.25, 0.3) is 0 Å². The molecule has 0 bridgehead atoms. The second-order valence-corrected chi connectivity index (χ2v) is 3.97. The van der Waals surface area contributed by atoms with Crippen molar-refractivity contribution in [1.82, 2.24) is 15.8 Å². The highest BCUT2D eigenvalue weighted by atomic mass is 32.1. The molecule has 1 saturated carbocycles. The third-order valence-electron chi connectivity index (χ3n) is 2.15. The molecule has 1 fully saturated rings. The maximum absolute atomic E-state index is 11.3. The van der Waals surface area contributed by atoms with Gasteiger partial charge in [-0.3, -0.25) is 20.0 Å². The van der Waals surface area contributed by atoms with Crippen molar-refractivity contribution in [1.29, 1.82) is 0 Å². The molecular formula is C9H15N3O2S. The zero-order valence-corrected chi connectivity index (χ0v) is 9.69. The minimum Gasteiger partial charge on any atom is -0.359 e. The molecule has 0 saturated heterocycles. The van der Waals surface area contributed by atoms with Gasteiger partial charge in [0, 0.05) is 20.0 Å². The lowest BCUT2D eigenvalue weighted by Gasteiger charge is -2.20. The standard InChI is InChI=1S/C9H15N3O2S/c1-10-7(13)5-8(14)11-12(2)9(15)6-3-4-6/h6H,3-5H2,1-2H3,(H,10,13)(H,11,14). The fourth-order valence-corrected chi connectivity index (χ4v) is 1.40. The number of thiocarbonyl (C=S) groups is 1. The van der Waals surface area contributed by atoms with Gasteiger partial charge in [-0.25, -0.2) is 0 Å². The second-order valence-electron chi connectivity index (χ2n) is 3.56. The average Bonchev–Trinajstić information content (AvgIpc) is 2.99. The Kier molecular flexibility index (Phi) is 4.02. The van der Waals surface area contributed by atoms with Crippen molar-refractivity contribution in [3.05, 3.63) is 0 Å². The van der Waals surface area contributed by atoms with Crippen LogP contribution in [0.15, 0.2) is 0 Å². The van der Waals surface area contributed by atoms with Crippen LogP contribution < -0.4 is 10.7 Å². The third kappa shape index (κ3) is 3.83. The molecule has 1 aliphatic rings. The minimum absolute atomic E-state index is 0.173. The molecule has 0 heterocycles.